The molecule has 6 nitrogen and oxygen atoms in total. The molecule has 0 saturated carbocycles. The van der Waals surface area contributed by atoms with Crippen LogP contribution in [0.15, 0.2) is 18.3 Å². The number of aromatic nitrogens is 3. The number of halogens is 3. The summed E-state index contributed by atoms with van der Waals surface area (Å²) in [6, 6.07) is 2.80. The van der Waals surface area contributed by atoms with E-state index in [0.717, 1.165) is 28.3 Å². The molecular formula is C19H18F2IN3O3. The van der Waals surface area contributed by atoms with Gasteiger partial charge in [-0.1, -0.05) is 0 Å². The predicted octanol–water partition coefficient (Wildman–Crippen LogP) is 4.70. The van der Waals surface area contributed by atoms with Crippen molar-refractivity contribution in [3.8, 4) is 22.8 Å². The van der Waals surface area contributed by atoms with Crippen molar-refractivity contribution in [3.05, 3.63) is 33.7 Å². The van der Waals surface area contributed by atoms with Gasteiger partial charge in [0, 0.05) is 18.9 Å². The number of benzene rings is 1. The third-order valence-electron chi connectivity index (χ3n) is 4.80. The van der Waals surface area contributed by atoms with Gasteiger partial charge in [0.1, 0.15) is 3.70 Å². The second-order valence-corrected chi connectivity index (χ2v) is 7.45. The molecule has 1 fully saturated rings. The number of hydrogen-bond acceptors (Lipinski definition) is 5. The molecule has 4 rings (SSSR count). The first kappa shape index (κ1) is 19.3. The average molecular weight is 501 g/mol. The molecule has 1 aliphatic heterocycles. The van der Waals surface area contributed by atoms with Crippen LogP contribution in [0.2, 0.25) is 0 Å². The maximum absolute atomic E-state index is 14.9. The van der Waals surface area contributed by atoms with Crippen molar-refractivity contribution in [1.29, 1.82) is 0 Å². The SMILES string of the molecule is COc1cc(OC)c(F)c(-c2cc3c(cn2)c(I)nn3C2CCCCO2)c1F. The molecule has 0 spiro atoms. The van der Waals surface area contributed by atoms with Gasteiger partial charge in [0.2, 0.25) is 0 Å². The molecule has 0 N–H and O–H groups in total. The molecule has 1 aromatic carbocycles. The number of hydrogen-bond donors (Lipinski definition) is 0. The zero-order valence-electron chi connectivity index (χ0n) is 15.3. The van der Waals surface area contributed by atoms with Gasteiger partial charge < -0.3 is 14.2 Å². The van der Waals surface area contributed by atoms with Crippen LogP contribution in [0.1, 0.15) is 25.5 Å². The van der Waals surface area contributed by atoms with Crippen LogP contribution in [0.3, 0.4) is 0 Å². The highest BCUT2D eigenvalue weighted by Crippen LogP contribution is 2.38. The molecule has 1 atom stereocenters. The van der Waals surface area contributed by atoms with Gasteiger partial charge in [0.05, 0.1) is 36.4 Å². The van der Waals surface area contributed by atoms with Gasteiger partial charge in [-0.25, -0.2) is 13.5 Å². The standard InChI is InChI=1S/C19H18F2IN3O3/c1-26-13-8-14(27-2)18(21)16(17(13)20)11-7-12-10(9-23-11)19(22)24-25(12)15-5-3-4-6-28-15/h7-9,15H,3-6H2,1-2H3. The summed E-state index contributed by atoms with van der Waals surface area (Å²) < 4.78 is 48.2. The van der Waals surface area contributed by atoms with Crippen molar-refractivity contribution in [2.45, 2.75) is 25.5 Å². The zero-order valence-corrected chi connectivity index (χ0v) is 17.5. The van der Waals surface area contributed by atoms with E-state index < -0.39 is 11.6 Å². The van der Waals surface area contributed by atoms with E-state index in [9.17, 15) is 8.78 Å². The lowest BCUT2D eigenvalue weighted by Crippen LogP contribution is -2.19. The van der Waals surface area contributed by atoms with E-state index in [1.807, 2.05) is 0 Å². The molecule has 0 aliphatic carbocycles. The minimum Gasteiger partial charge on any atom is -0.494 e. The van der Waals surface area contributed by atoms with E-state index in [2.05, 4.69) is 32.7 Å². The third-order valence-corrected chi connectivity index (χ3v) is 5.60. The Morgan fingerprint density at radius 1 is 1.14 bits per heavy atom. The van der Waals surface area contributed by atoms with Crippen molar-refractivity contribution in [2.75, 3.05) is 20.8 Å². The van der Waals surface area contributed by atoms with E-state index >= 15 is 0 Å². The fourth-order valence-electron chi connectivity index (χ4n) is 3.38. The Balaban J connectivity index is 1.91. The van der Waals surface area contributed by atoms with Crippen LogP contribution in [0.4, 0.5) is 8.78 Å². The molecule has 1 unspecified atom stereocenters. The fourth-order valence-corrected chi connectivity index (χ4v) is 4.03. The average Bonchev–Trinajstić information content (AvgIpc) is 3.05. The summed E-state index contributed by atoms with van der Waals surface area (Å²) in [7, 11) is 2.63. The Morgan fingerprint density at radius 3 is 2.46 bits per heavy atom. The predicted molar refractivity (Wildman–Crippen MR) is 108 cm³/mol. The lowest BCUT2D eigenvalue weighted by Gasteiger charge is -2.23. The van der Waals surface area contributed by atoms with Gasteiger partial charge >= 0.3 is 0 Å². The van der Waals surface area contributed by atoms with E-state index in [4.69, 9.17) is 14.2 Å². The maximum atomic E-state index is 14.9. The molecule has 0 radical (unpaired) electrons. The zero-order chi connectivity index (χ0) is 19.8. The summed E-state index contributed by atoms with van der Waals surface area (Å²) in [6.07, 6.45) is 4.25. The minimum absolute atomic E-state index is 0.117. The number of ether oxygens (including phenoxy) is 3. The Bertz CT molecular complexity index is 1010. The third kappa shape index (κ3) is 3.20. The lowest BCUT2D eigenvalue weighted by molar-refractivity contribution is -0.0368. The van der Waals surface area contributed by atoms with Crippen LogP contribution in [0, 0.1) is 15.3 Å². The van der Waals surface area contributed by atoms with E-state index in [1.165, 1.54) is 20.3 Å². The quantitative estimate of drug-likeness (QED) is 0.486. The molecule has 0 amide bonds. The van der Waals surface area contributed by atoms with Crippen molar-refractivity contribution in [1.82, 2.24) is 14.8 Å². The number of nitrogens with zero attached hydrogens (tertiary/aromatic N) is 3. The van der Waals surface area contributed by atoms with Crippen LogP contribution < -0.4 is 9.47 Å². The van der Waals surface area contributed by atoms with Crippen LogP contribution in [0.25, 0.3) is 22.2 Å². The number of methoxy groups -OCH3 is 2. The van der Waals surface area contributed by atoms with Crippen LogP contribution in [-0.4, -0.2) is 35.6 Å². The van der Waals surface area contributed by atoms with Crippen LogP contribution >= 0.6 is 22.6 Å². The summed E-state index contributed by atoms with van der Waals surface area (Å²) in [5.41, 5.74) is 0.542. The highest BCUT2D eigenvalue weighted by molar-refractivity contribution is 14.1. The smallest absolute Gasteiger partial charge is 0.177 e. The lowest BCUT2D eigenvalue weighted by atomic mass is 10.1. The van der Waals surface area contributed by atoms with Gasteiger partial charge in [0.15, 0.2) is 29.4 Å². The van der Waals surface area contributed by atoms with E-state index in [-0.39, 0.29) is 29.0 Å². The van der Waals surface area contributed by atoms with Crippen LogP contribution in [0.5, 0.6) is 11.5 Å². The second-order valence-electron chi connectivity index (χ2n) is 6.43. The summed E-state index contributed by atoms with van der Waals surface area (Å²) in [5, 5.41) is 5.36. The molecule has 3 aromatic rings. The first-order chi connectivity index (χ1) is 13.5. The maximum Gasteiger partial charge on any atom is 0.177 e. The van der Waals surface area contributed by atoms with Crippen molar-refractivity contribution >= 4 is 33.5 Å². The second kappa shape index (κ2) is 7.78. The molecule has 9 heteroatoms. The molecule has 148 valence electrons. The van der Waals surface area contributed by atoms with Crippen molar-refractivity contribution in [2.24, 2.45) is 0 Å². The molecule has 1 saturated heterocycles. The van der Waals surface area contributed by atoms with E-state index in [0.29, 0.717) is 12.1 Å². The minimum atomic E-state index is -0.831. The summed E-state index contributed by atoms with van der Waals surface area (Å²) >= 11 is 2.12. The Labute approximate surface area is 173 Å². The Morgan fingerprint density at radius 2 is 1.86 bits per heavy atom. The summed E-state index contributed by atoms with van der Waals surface area (Å²) in [6.45, 7) is 0.664. The highest BCUT2D eigenvalue weighted by Gasteiger charge is 2.25. The topological polar surface area (TPSA) is 58.4 Å². The van der Waals surface area contributed by atoms with E-state index in [1.54, 1.807) is 16.9 Å². The first-order valence-electron chi connectivity index (χ1n) is 8.80. The van der Waals surface area contributed by atoms with Gasteiger partial charge in [-0.15, -0.1) is 0 Å². The normalized spacial score (nSPS) is 17.1. The van der Waals surface area contributed by atoms with Gasteiger partial charge in [-0.05, 0) is 47.9 Å². The number of rotatable bonds is 4. The van der Waals surface area contributed by atoms with Gasteiger partial charge in [0.25, 0.3) is 0 Å². The van der Waals surface area contributed by atoms with Gasteiger partial charge in [-0.3, -0.25) is 4.98 Å². The molecular weight excluding hydrogens is 483 g/mol. The van der Waals surface area contributed by atoms with Crippen LogP contribution in [-0.2, 0) is 4.74 Å². The summed E-state index contributed by atoms with van der Waals surface area (Å²) in [4.78, 5) is 4.28. The number of fused-ring (bicyclic) bond motifs is 1. The molecule has 3 heterocycles. The monoisotopic (exact) mass is 501 g/mol. The van der Waals surface area contributed by atoms with Crippen molar-refractivity contribution < 1.29 is 23.0 Å². The molecule has 1 aliphatic rings. The number of pyridine rings is 1. The van der Waals surface area contributed by atoms with Gasteiger partial charge in [-0.2, -0.15) is 5.10 Å². The van der Waals surface area contributed by atoms with Crippen molar-refractivity contribution in [3.63, 3.8) is 0 Å². The Kier molecular flexibility index (Phi) is 5.37. The summed E-state index contributed by atoms with van der Waals surface area (Å²) in [5.74, 6) is -1.90. The first-order valence-corrected chi connectivity index (χ1v) is 9.88. The molecule has 2 aromatic heterocycles. The molecule has 28 heavy (non-hydrogen) atoms. The Hall–Kier alpha value is -2.01. The highest BCUT2D eigenvalue weighted by atomic mass is 127. The molecule has 0 bridgehead atoms. The fraction of sp³-hybridized carbons (Fsp3) is 0.368. The largest absolute Gasteiger partial charge is 0.494 e.